The predicted octanol–water partition coefficient (Wildman–Crippen LogP) is 4.10. The van der Waals surface area contributed by atoms with Crippen LogP contribution in [0.5, 0.6) is 0 Å². The summed E-state index contributed by atoms with van der Waals surface area (Å²) in [6, 6.07) is 24.2. The Kier molecular flexibility index (Phi) is 5.59. The lowest BCUT2D eigenvalue weighted by atomic mass is 10.1. The number of benzene rings is 3. The van der Waals surface area contributed by atoms with Crippen molar-refractivity contribution in [1.82, 2.24) is 9.13 Å². The Morgan fingerprint density at radius 2 is 1.59 bits per heavy atom. The van der Waals surface area contributed by atoms with Crippen molar-refractivity contribution in [1.29, 1.82) is 0 Å². The number of aromatic nitrogens is 2. The SMILES string of the molecule is Cc1ccccc1NC(=O)Cn1c(=O)n(CCc2ccccc2)c(=O)c2oc3ccccc3c21. The molecule has 0 aliphatic carbocycles. The molecule has 5 rings (SSSR count). The highest BCUT2D eigenvalue weighted by Crippen LogP contribution is 2.25. The second-order valence-corrected chi connectivity index (χ2v) is 8.20. The van der Waals surface area contributed by atoms with Crippen LogP contribution < -0.4 is 16.6 Å². The predicted molar refractivity (Wildman–Crippen MR) is 132 cm³/mol. The van der Waals surface area contributed by atoms with Crippen LogP contribution in [-0.4, -0.2) is 15.0 Å². The summed E-state index contributed by atoms with van der Waals surface area (Å²) in [4.78, 5) is 39.8. The molecular weight excluding hydrogens is 430 g/mol. The Morgan fingerprint density at radius 1 is 0.882 bits per heavy atom. The zero-order valence-corrected chi connectivity index (χ0v) is 18.7. The molecule has 2 aromatic heterocycles. The zero-order valence-electron chi connectivity index (χ0n) is 18.7. The van der Waals surface area contributed by atoms with Crippen LogP contribution in [-0.2, 0) is 24.3 Å². The maximum atomic E-state index is 13.5. The van der Waals surface area contributed by atoms with Gasteiger partial charge >= 0.3 is 5.69 Å². The fourth-order valence-electron chi connectivity index (χ4n) is 4.17. The number of anilines is 1. The number of rotatable bonds is 6. The van der Waals surface area contributed by atoms with Crippen LogP contribution in [0.4, 0.5) is 5.69 Å². The number of amides is 1. The van der Waals surface area contributed by atoms with Gasteiger partial charge in [-0.15, -0.1) is 0 Å². The molecule has 0 bridgehead atoms. The molecule has 0 saturated heterocycles. The Labute approximate surface area is 194 Å². The molecule has 0 spiro atoms. The number of aryl methyl sites for hydroxylation is 2. The Morgan fingerprint density at radius 3 is 2.38 bits per heavy atom. The second-order valence-electron chi connectivity index (χ2n) is 8.20. The molecule has 0 aliphatic rings. The van der Waals surface area contributed by atoms with Crippen molar-refractivity contribution in [3.8, 4) is 0 Å². The molecular formula is C27H23N3O4. The van der Waals surface area contributed by atoms with Gasteiger partial charge in [0.15, 0.2) is 0 Å². The third kappa shape index (κ3) is 3.92. The van der Waals surface area contributed by atoms with Crippen molar-refractivity contribution in [2.45, 2.75) is 26.4 Å². The number of furan rings is 1. The Hall–Kier alpha value is -4.39. The lowest BCUT2D eigenvalue weighted by Gasteiger charge is -2.13. The van der Waals surface area contributed by atoms with Gasteiger partial charge in [0, 0.05) is 17.6 Å². The first kappa shape index (κ1) is 21.5. The van der Waals surface area contributed by atoms with E-state index in [1.54, 1.807) is 30.3 Å². The second kappa shape index (κ2) is 8.86. The number of nitrogens with one attached hydrogen (secondary N) is 1. The van der Waals surface area contributed by atoms with Crippen LogP contribution in [0.15, 0.2) is 92.9 Å². The molecule has 170 valence electrons. The molecule has 7 nitrogen and oxygen atoms in total. The first-order chi connectivity index (χ1) is 16.5. The van der Waals surface area contributed by atoms with Crippen molar-refractivity contribution in [3.63, 3.8) is 0 Å². The highest BCUT2D eigenvalue weighted by molar-refractivity contribution is 6.03. The summed E-state index contributed by atoms with van der Waals surface area (Å²) in [5.74, 6) is -0.365. The van der Waals surface area contributed by atoms with E-state index in [1.165, 1.54) is 4.57 Å². The van der Waals surface area contributed by atoms with Crippen molar-refractivity contribution < 1.29 is 9.21 Å². The number of carbonyl (C=O) groups excluding carboxylic acids is 1. The number of carbonyl (C=O) groups is 1. The minimum atomic E-state index is -0.542. The van der Waals surface area contributed by atoms with E-state index in [0.29, 0.717) is 28.6 Å². The van der Waals surface area contributed by atoms with Gasteiger partial charge < -0.3 is 9.73 Å². The molecule has 7 heteroatoms. The van der Waals surface area contributed by atoms with Crippen molar-refractivity contribution in [2.24, 2.45) is 0 Å². The largest absolute Gasteiger partial charge is 0.449 e. The average molecular weight is 453 g/mol. The average Bonchev–Trinajstić information content (AvgIpc) is 3.24. The summed E-state index contributed by atoms with van der Waals surface area (Å²) < 4.78 is 8.35. The van der Waals surface area contributed by atoms with Crippen LogP contribution >= 0.6 is 0 Å². The van der Waals surface area contributed by atoms with E-state index in [4.69, 9.17) is 4.42 Å². The topological polar surface area (TPSA) is 86.2 Å². The molecule has 0 atom stereocenters. The highest BCUT2D eigenvalue weighted by atomic mass is 16.3. The minimum Gasteiger partial charge on any atom is -0.449 e. The van der Waals surface area contributed by atoms with Crippen molar-refractivity contribution >= 4 is 33.7 Å². The lowest BCUT2D eigenvalue weighted by Crippen LogP contribution is -2.41. The van der Waals surface area contributed by atoms with E-state index in [9.17, 15) is 14.4 Å². The van der Waals surface area contributed by atoms with Gasteiger partial charge in [-0.3, -0.25) is 18.7 Å². The van der Waals surface area contributed by atoms with Crippen LogP contribution in [0.25, 0.3) is 22.1 Å². The van der Waals surface area contributed by atoms with E-state index < -0.39 is 11.2 Å². The Bertz CT molecular complexity index is 1630. The first-order valence-electron chi connectivity index (χ1n) is 11.1. The fraction of sp³-hybridized carbons (Fsp3) is 0.148. The van der Waals surface area contributed by atoms with Gasteiger partial charge in [-0.25, -0.2) is 4.79 Å². The van der Waals surface area contributed by atoms with Gasteiger partial charge in [-0.2, -0.15) is 0 Å². The minimum absolute atomic E-state index is 0.0672. The smallest absolute Gasteiger partial charge is 0.332 e. The van der Waals surface area contributed by atoms with Crippen molar-refractivity contribution in [3.05, 3.63) is 111 Å². The molecule has 0 fully saturated rings. The summed E-state index contributed by atoms with van der Waals surface area (Å²) in [6.07, 6.45) is 0.497. The van der Waals surface area contributed by atoms with Crippen molar-refractivity contribution in [2.75, 3.05) is 5.32 Å². The highest BCUT2D eigenvalue weighted by Gasteiger charge is 2.21. The third-order valence-electron chi connectivity index (χ3n) is 5.93. The summed E-state index contributed by atoms with van der Waals surface area (Å²) in [7, 11) is 0. The fourth-order valence-corrected chi connectivity index (χ4v) is 4.17. The summed E-state index contributed by atoms with van der Waals surface area (Å²) >= 11 is 0. The first-order valence-corrected chi connectivity index (χ1v) is 11.1. The van der Waals surface area contributed by atoms with Gasteiger partial charge in [0.1, 0.15) is 17.6 Å². The van der Waals surface area contributed by atoms with Crippen LogP contribution in [0.1, 0.15) is 11.1 Å². The summed E-state index contributed by atoms with van der Waals surface area (Å²) in [5, 5.41) is 3.48. The molecule has 0 aliphatic heterocycles. The molecule has 1 amide bonds. The van der Waals surface area contributed by atoms with E-state index in [1.807, 2.05) is 55.5 Å². The molecule has 1 N–H and O–H groups in total. The van der Waals surface area contributed by atoms with Crippen LogP contribution in [0.3, 0.4) is 0 Å². The zero-order chi connectivity index (χ0) is 23.7. The molecule has 0 saturated carbocycles. The van der Waals surface area contributed by atoms with E-state index in [-0.39, 0.29) is 24.6 Å². The third-order valence-corrected chi connectivity index (χ3v) is 5.93. The molecule has 5 aromatic rings. The monoisotopic (exact) mass is 453 g/mol. The maximum Gasteiger partial charge on any atom is 0.332 e. The van der Waals surface area contributed by atoms with Gasteiger partial charge in [0.2, 0.25) is 11.5 Å². The van der Waals surface area contributed by atoms with Crippen LogP contribution in [0.2, 0.25) is 0 Å². The normalized spacial score (nSPS) is 11.2. The van der Waals surface area contributed by atoms with Gasteiger partial charge in [0.25, 0.3) is 5.56 Å². The molecule has 0 radical (unpaired) electrons. The van der Waals surface area contributed by atoms with Gasteiger partial charge in [0.05, 0.1) is 0 Å². The molecule has 34 heavy (non-hydrogen) atoms. The number of hydrogen-bond acceptors (Lipinski definition) is 4. The number of para-hydroxylation sites is 2. The quantitative estimate of drug-likeness (QED) is 0.419. The van der Waals surface area contributed by atoms with E-state index in [0.717, 1.165) is 15.7 Å². The van der Waals surface area contributed by atoms with Crippen LogP contribution in [0, 0.1) is 6.92 Å². The standard InChI is InChI=1S/C27H23N3O4/c1-18-9-5-7-13-21(18)28-23(31)17-30-24-20-12-6-8-14-22(20)34-25(24)26(32)29(27(30)33)16-15-19-10-3-2-4-11-19/h2-14H,15-17H2,1H3,(H,28,31). The summed E-state index contributed by atoms with van der Waals surface area (Å²) in [5.41, 5.74) is 2.44. The number of nitrogens with zero attached hydrogens (tertiary/aromatic N) is 2. The van der Waals surface area contributed by atoms with Gasteiger partial charge in [-0.1, -0.05) is 60.7 Å². The maximum absolute atomic E-state index is 13.5. The summed E-state index contributed by atoms with van der Waals surface area (Å²) in [6.45, 7) is 1.82. The van der Waals surface area contributed by atoms with Gasteiger partial charge in [-0.05, 0) is 42.7 Å². The molecule has 2 heterocycles. The lowest BCUT2D eigenvalue weighted by molar-refractivity contribution is -0.116. The molecule has 0 unspecified atom stereocenters. The van der Waals surface area contributed by atoms with E-state index in [2.05, 4.69) is 5.32 Å². The van der Waals surface area contributed by atoms with E-state index >= 15 is 0 Å². The molecule has 3 aromatic carbocycles. The number of hydrogen-bond donors (Lipinski definition) is 1. The number of fused-ring (bicyclic) bond motifs is 3. The Balaban J connectivity index is 1.61.